The van der Waals surface area contributed by atoms with Crippen LogP contribution in [-0.4, -0.2) is 113 Å². The Bertz CT molecular complexity index is 1670. The van der Waals surface area contributed by atoms with Crippen molar-refractivity contribution in [3.8, 4) is 10.6 Å². The number of benzene rings is 1. The van der Waals surface area contributed by atoms with Gasteiger partial charge in [0, 0.05) is 63.3 Å². The lowest BCUT2D eigenvalue weighted by molar-refractivity contribution is -0.144. The monoisotopic (exact) mass is 702 g/mol. The zero-order valence-electron chi connectivity index (χ0n) is 29.6. The average Bonchev–Trinajstić information content (AvgIpc) is 3.64. The second kappa shape index (κ2) is 15.9. The van der Waals surface area contributed by atoms with Crippen molar-refractivity contribution < 1.29 is 23.9 Å². The van der Waals surface area contributed by atoms with Crippen LogP contribution >= 0.6 is 11.3 Å². The molecule has 0 radical (unpaired) electrons. The standard InChI is InChI=1S/C38H50N6O5S/c1-38(2,3)49-37(48)43-21-19-42(20-22-43)33(46)26-44-18-17-41(25-32(44)45)24-29-34(36(47)39-16-15-27-10-5-4-6-11-27)28-12-7-8-13-30(28)40-35(29)31-14-9-23-50-31/h7-9,12-14,23,27H,4-6,10-11,15-22,24-26H2,1-3H3,(H,39,47). The van der Waals surface area contributed by atoms with E-state index >= 15 is 0 Å². The summed E-state index contributed by atoms with van der Waals surface area (Å²) in [4.78, 5) is 66.3. The van der Waals surface area contributed by atoms with Gasteiger partial charge in [-0.2, -0.15) is 0 Å². The van der Waals surface area contributed by atoms with Gasteiger partial charge in [0.1, 0.15) is 5.60 Å². The van der Waals surface area contributed by atoms with E-state index in [2.05, 4.69) is 10.2 Å². The van der Waals surface area contributed by atoms with Gasteiger partial charge < -0.3 is 24.8 Å². The lowest BCUT2D eigenvalue weighted by Crippen LogP contribution is -2.56. The maximum Gasteiger partial charge on any atom is 0.410 e. The van der Waals surface area contributed by atoms with Crippen LogP contribution in [0.1, 0.15) is 75.2 Å². The predicted octanol–water partition coefficient (Wildman–Crippen LogP) is 5.39. The third kappa shape index (κ3) is 8.81. The molecule has 3 aromatic rings. The maximum absolute atomic E-state index is 14.1. The van der Waals surface area contributed by atoms with Crippen LogP contribution in [-0.2, 0) is 20.9 Å². The molecule has 4 amide bonds. The van der Waals surface area contributed by atoms with Gasteiger partial charge in [0.05, 0.1) is 34.7 Å². The second-order valence-corrected chi connectivity index (χ2v) is 15.7. The van der Waals surface area contributed by atoms with Crippen LogP contribution in [0.2, 0.25) is 0 Å². The Kier molecular flexibility index (Phi) is 11.4. The lowest BCUT2D eigenvalue weighted by Gasteiger charge is -2.38. The highest BCUT2D eigenvalue weighted by Crippen LogP contribution is 2.34. The molecular formula is C38H50N6O5S. The number of thiophene rings is 1. The summed E-state index contributed by atoms with van der Waals surface area (Å²) < 4.78 is 5.47. The first-order valence-corrected chi connectivity index (χ1v) is 18.9. The van der Waals surface area contributed by atoms with Gasteiger partial charge in [-0.1, -0.05) is 56.4 Å². The average molecular weight is 703 g/mol. The largest absolute Gasteiger partial charge is 0.444 e. The summed E-state index contributed by atoms with van der Waals surface area (Å²) in [7, 11) is 0. The second-order valence-electron chi connectivity index (χ2n) is 14.7. The molecule has 11 nitrogen and oxygen atoms in total. The number of nitrogens with zero attached hydrogens (tertiary/aromatic N) is 5. The van der Waals surface area contributed by atoms with E-state index < -0.39 is 5.60 Å². The molecule has 1 aromatic carbocycles. The summed E-state index contributed by atoms with van der Waals surface area (Å²) in [6.07, 6.45) is 6.93. The van der Waals surface area contributed by atoms with Gasteiger partial charge in [-0.15, -0.1) is 11.3 Å². The molecule has 6 rings (SSSR count). The number of nitrogens with one attached hydrogen (secondary N) is 1. The zero-order valence-corrected chi connectivity index (χ0v) is 30.4. The summed E-state index contributed by atoms with van der Waals surface area (Å²) in [5, 5.41) is 6.06. The predicted molar refractivity (Wildman–Crippen MR) is 195 cm³/mol. The zero-order chi connectivity index (χ0) is 35.3. The first-order valence-electron chi connectivity index (χ1n) is 18.1. The highest BCUT2D eigenvalue weighted by Gasteiger charge is 2.32. The summed E-state index contributed by atoms with van der Waals surface area (Å²) in [5.41, 5.74) is 2.40. The number of carbonyl (C=O) groups is 4. The van der Waals surface area contributed by atoms with Crippen LogP contribution < -0.4 is 5.32 Å². The lowest BCUT2D eigenvalue weighted by atomic mass is 9.87. The summed E-state index contributed by atoms with van der Waals surface area (Å²) in [5.74, 6) is 0.313. The van der Waals surface area contributed by atoms with Gasteiger partial charge in [0.15, 0.2) is 0 Å². The van der Waals surface area contributed by atoms with E-state index in [1.807, 2.05) is 62.5 Å². The molecule has 268 valence electrons. The molecule has 1 aliphatic carbocycles. The van der Waals surface area contributed by atoms with Crippen molar-refractivity contribution in [3.05, 3.63) is 52.9 Å². The van der Waals surface area contributed by atoms with Gasteiger partial charge in [-0.3, -0.25) is 19.3 Å². The minimum absolute atomic E-state index is 0.00569. The normalized spacial score (nSPS) is 18.1. The van der Waals surface area contributed by atoms with Crippen molar-refractivity contribution in [3.63, 3.8) is 0 Å². The number of para-hydroxylation sites is 1. The van der Waals surface area contributed by atoms with E-state index in [9.17, 15) is 19.2 Å². The fourth-order valence-electron chi connectivity index (χ4n) is 7.25. The molecule has 3 aliphatic rings. The Hall–Kier alpha value is -4.03. The number of aromatic nitrogens is 1. The quantitative estimate of drug-likeness (QED) is 0.318. The molecule has 1 saturated carbocycles. The van der Waals surface area contributed by atoms with Gasteiger partial charge >= 0.3 is 6.09 Å². The number of fused-ring (bicyclic) bond motifs is 1. The fraction of sp³-hybridized carbons (Fsp3) is 0.553. The van der Waals surface area contributed by atoms with Crippen molar-refractivity contribution in [2.24, 2.45) is 5.92 Å². The van der Waals surface area contributed by atoms with Crippen LogP contribution in [0.25, 0.3) is 21.5 Å². The molecule has 2 saturated heterocycles. The molecule has 12 heteroatoms. The molecule has 0 bridgehead atoms. The van der Waals surface area contributed by atoms with Crippen LogP contribution in [0.4, 0.5) is 4.79 Å². The van der Waals surface area contributed by atoms with E-state index in [0.717, 1.165) is 33.5 Å². The van der Waals surface area contributed by atoms with Crippen LogP contribution in [0.5, 0.6) is 0 Å². The summed E-state index contributed by atoms with van der Waals surface area (Å²) in [6, 6.07) is 11.8. The molecule has 4 heterocycles. The van der Waals surface area contributed by atoms with Crippen molar-refractivity contribution in [2.75, 3.05) is 58.9 Å². The van der Waals surface area contributed by atoms with Crippen LogP contribution in [0.3, 0.4) is 0 Å². The Morgan fingerprint density at radius 1 is 0.940 bits per heavy atom. The number of piperazine rings is 2. The number of ether oxygens (including phenoxy) is 1. The smallest absolute Gasteiger partial charge is 0.410 e. The summed E-state index contributed by atoms with van der Waals surface area (Å²) in [6.45, 7) is 9.21. The Morgan fingerprint density at radius 2 is 1.68 bits per heavy atom. The topological polar surface area (TPSA) is 115 Å². The SMILES string of the molecule is CC(C)(C)OC(=O)N1CCN(C(=O)CN2CCN(Cc3c(-c4cccs4)nc4ccccc4c3C(=O)NCCC3CCCCC3)CC2=O)CC1. The third-order valence-electron chi connectivity index (χ3n) is 9.93. The Morgan fingerprint density at radius 3 is 2.38 bits per heavy atom. The molecule has 50 heavy (non-hydrogen) atoms. The van der Waals surface area contributed by atoms with Gasteiger partial charge in [0.25, 0.3) is 5.91 Å². The van der Waals surface area contributed by atoms with E-state index in [1.54, 1.807) is 26.0 Å². The van der Waals surface area contributed by atoms with Crippen molar-refractivity contribution in [1.29, 1.82) is 0 Å². The first kappa shape index (κ1) is 35.8. The van der Waals surface area contributed by atoms with E-state index in [-0.39, 0.29) is 36.9 Å². The minimum Gasteiger partial charge on any atom is -0.444 e. The van der Waals surface area contributed by atoms with Crippen molar-refractivity contribution in [1.82, 2.24) is 29.9 Å². The third-order valence-corrected chi connectivity index (χ3v) is 10.8. The minimum atomic E-state index is -0.578. The molecule has 0 atom stereocenters. The molecule has 2 aromatic heterocycles. The molecule has 1 N–H and O–H groups in total. The maximum atomic E-state index is 14.1. The van der Waals surface area contributed by atoms with Gasteiger partial charge in [0.2, 0.25) is 11.8 Å². The molecule has 3 fully saturated rings. The molecule has 2 aliphatic heterocycles. The number of rotatable bonds is 9. The van der Waals surface area contributed by atoms with Crippen LogP contribution in [0, 0.1) is 5.92 Å². The van der Waals surface area contributed by atoms with Gasteiger partial charge in [-0.25, -0.2) is 9.78 Å². The Balaban J connectivity index is 1.13. The number of pyridine rings is 1. The molecule has 0 spiro atoms. The van der Waals surface area contributed by atoms with Gasteiger partial charge in [-0.05, 0) is 50.6 Å². The van der Waals surface area contributed by atoms with Crippen molar-refractivity contribution in [2.45, 2.75) is 71.4 Å². The number of hydrogen-bond donors (Lipinski definition) is 1. The number of amides is 4. The number of hydrogen-bond acceptors (Lipinski definition) is 8. The van der Waals surface area contributed by atoms with E-state index in [0.29, 0.717) is 63.8 Å². The fourth-order valence-corrected chi connectivity index (χ4v) is 7.99. The van der Waals surface area contributed by atoms with Crippen LogP contribution in [0.15, 0.2) is 41.8 Å². The summed E-state index contributed by atoms with van der Waals surface area (Å²) >= 11 is 1.58. The van der Waals surface area contributed by atoms with E-state index in [1.165, 1.54) is 32.1 Å². The van der Waals surface area contributed by atoms with Crippen molar-refractivity contribution >= 4 is 46.1 Å². The Labute approximate surface area is 298 Å². The number of carbonyl (C=O) groups excluding carboxylic acids is 4. The highest BCUT2D eigenvalue weighted by molar-refractivity contribution is 7.13. The van der Waals surface area contributed by atoms with E-state index in [4.69, 9.17) is 9.72 Å². The molecular weight excluding hydrogens is 653 g/mol. The highest BCUT2D eigenvalue weighted by atomic mass is 32.1. The molecule has 0 unspecified atom stereocenters. The first-order chi connectivity index (χ1) is 24.1.